The van der Waals surface area contributed by atoms with Crippen LogP contribution in [0, 0.1) is 0 Å². The molecule has 1 aromatic rings. The fraction of sp³-hybridized carbons (Fsp3) is 0.462. The van der Waals surface area contributed by atoms with E-state index < -0.39 is 0 Å². The first-order chi connectivity index (χ1) is 8.02. The number of hydrogen-bond acceptors (Lipinski definition) is 3. The van der Waals surface area contributed by atoms with Gasteiger partial charge in [0.15, 0.2) is 0 Å². The van der Waals surface area contributed by atoms with E-state index >= 15 is 0 Å². The predicted octanol–water partition coefficient (Wildman–Crippen LogP) is 2.10. The van der Waals surface area contributed by atoms with E-state index in [2.05, 4.69) is 49.3 Å². The molecule has 0 saturated heterocycles. The molecule has 0 aromatic heterocycles. The Labute approximate surface area is 107 Å². The molecule has 0 aliphatic rings. The molecule has 0 atom stereocenters. The Bertz CT molecular complexity index is 362. The van der Waals surface area contributed by atoms with Crippen LogP contribution in [0.5, 0.6) is 0 Å². The number of thioether (sulfide) groups is 1. The van der Waals surface area contributed by atoms with Gasteiger partial charge in [-0.2, -0.15) is 0 Å². The van der Waals surface area contributed by atoms with Gasteiger partial charge in [0.25, 0.3) is 0 Å². The molecule has 1 amide bonds. The number of rotatable bonds is 6. The van der Waals surface area contributed by atoms with Gasteiger partial charge < -0.3 is 5.73 Å². The van der Waals surface area contributed by atoms with Crippen molar-refractivity contribution in [3.8, 4) is 0 Å². The molecule has 94 valence electrons. The van der Waals surface area contributed by atoms with Crippen molar-refractivity contribution in [3.63, 3.8) is 0 Å². The molecule has 0 fully saturated rings. The highest BCUT2D eigenvalue weighted by molar-refractivity contribution is 7.98. The third-order valence-electron chi connectivity index (χ3n) is 2.63. The fourth-order valence-electron chi connectivity index (χ4n) is 1.59. The first kappa shape index (κ1) is 14.1. The normalized spacial score (nSPS) is 11.1. The Morgan fingerprint density at radius 2 is 1.94 bits per heavy atom. The molecule has 0 aliphatic heterocycles. The average molecular weight is 252 g/mol. The molecule has 0 spiro atoms. The SMILES string of the molecule is CSc1ccc(CN(CC(N)=O)C(C)C)cc1. The number of benzene rings is 1. The van der Waals surface area contributed by atoms with E-state index in [1.807, 2.05) is 0 Å². The molecule has 17 heavy (non-hydrogen) atoms. The van der Waals surface area contributed by atoms with Crippen LogP contribution in [0.4, 0.5) is 0 Å². The molecule has 0 unspecified atom stereocenters. The van der Waals surface area contributed by atoms with Gasteiger partial charge in [0.05, 0.1) is 6.54 Å². The Hall–Kier alpha value is -1.00. The van der Waals surface area contributed by atoms with E-state index in [1.165, 1.54) is 10.5 Å². The van der Waals surface area contributed by atoms with E-state index in [4.69, 9.17) is 5.73 Å². The van der Waals surface area contributed by atoms with Crippen molar-refractivity contribution in [2.24, 2.45) is 5.73 Å². The number of primary amides is 1. The lowest BCUT2D eigenvalue weighted by Gasteiger charge is -2.25. The van der Waals surface area contributed by atoms with E-state index in [-0.39, 0.29) is 5.91 Å². The molecule has 0 bridgehead atoms. The number of amides is 1. The lowest BCUT2D eigenvalue weighted by molar-refractivity contribution is -0.119. The number of hydrogen-bond donors (Lipinski definition) is 1. The standard InChI is InChI=1S/C13H20N2OS/c1-10(2)15(9-13(14)16)8-11-4-6-12(17-3)7-5-11/h4-7,10H,8-9H2,1-3H3,(H2,14,16). The van der Waals surface area contributed by atoms with Crippen LogP contribution < -0.4 is 5.73 Å². The summed E-state index contributed by atoms with van der Waals surface area (Å²) in [5.74, 6) is -0.278. The Balaban J connectivity index is 2.68. The molecule has 2 N–H and O–H groups in total. The second-order valence-electron chi connectivity index (χ2n) is 4.31. The summed E-state index contributed by atoms with van der Waals surface area (Å²) < 4.78 is 0. The number of nitrogens with two attached hydrogens (primary N) is 1. The van der Waals surface area contributed by atoms with Crippen molar-refractivity contribution < 1.29 is 4.79 Å². The molecule has 3 nitrogen and oxygen atoms in total. The first-order valence-corrected chi connectivity index (χ1v) is 6.90. The summed E-state index contributed by atoms with van der Waals surface area (Å²) in [6.45, 7) is 5.20. The fourth-order valence-corrected chi connectivity index (χ4v) is 1.99. The molecular weight excluding hydrogens is 232 g/mol. The molecule has 0 saturated carbocycles. The van der Waals surface area contributed by atoms with Crippen LogP contribution in [-0.2, 0) is 11.3 Å². The lowest BCUT2D eigenvalue weighted by atomic mass is 10.2. The highest BCUT2D eigenvalue weighted by Gasteiger charge is 2.12. The maximum atomic E-state index is 11.0. The number of nitrogens with zero attached hydrogens (tertiary/aromatic N) is 1. The summed E-state index contributed by atoms with van der Waals surface area (Å²) in [6.07, 6.45) is 2.06. The molecule has 0 heterocycles. The minimum Gasteiger partial charge on any atom is -0.369 e. The van der Waals surface area contributed by atoms with Gasteiger partial charge in [-0.05, 0) is 37.8 Å². The zero-order valence-electron chi connectivity index (χ0n) is 10.6. The van der Waals surface area contributed by atoms with Crippen LogP contribution in [0.15, 0.2) is 29.2 Å². The van der Waals surface area contributed by atoms with Crippen molar-refractivity contribution in [2.75, 3.05) is 12.8 Å². The third kappa shape index (κ3) is 4.79. The van der Waals surface area contributed by atoms with Crippen molar-refractivity contribution in [3.05, 3.63) is 29.8 Å². The predicted molar refractivity (Wildman–Crippen MR) is 73.0 cm³/mol. The molecule has 0 radical (unpaired) electrons. The van der Waals surface area contributed by atoms with Gasteiger partial charge in [-0.1, -0.05) is 12.1 Å². The maximum absolute atomic E-state index is 11.0. The van der Waals surface area contributed by atoms with Crippen LogP contribution in [-0.4, -0.2) is 29.6 Å². The highest BCUT2D eigenvalue weighted by Crippen LogP contribution is 2.16. The summed E-state index contributed by atoms with van der Waals surface area (Å²) in [6, 6.07) is 8.71. The highest BCUT2D eigenvalue weighted by atomic mass is 32.2. The van der Waals surface area contributed by atoms with Crippen LogP contribution in [0.1, 0.15) is 19.4 Å². The van der Waals surface area contributed by atoms with E-state index in [9.17, 15) is 4.79 Å². The summed E-state index contributed by atoms with van der Waals surface area (Å²) in [7, 11) is 0. The van der Waals surface area contributed by atoms with Crippen LogP contribution in [0.2, 0.25) is 0 Å². The number of carbonyl (C=O) groups is 1. The summed E-state index contributed by atoms with van der Waals surface area (Å²) >= 11 is 1.73. The second-order valence-corrected chi connectivity index (χ2v) is 5.19. The van der Waals surface area contributed by atoms with Gasteiger partial charge in [-0.3, -0.25) is 9.69 Å². The Morgan fingerprint density at radius 1 is 1.35 bits per heavy atom. The average Bonchev–Trinajstić information content (AvgIpc) is 2.28. The van der Waals surface area contributed by atoms with Gasteiger partial charge in [-0.15, -0.1) is 11.8 Å². The van der Waals surface area contributed by atoms with Crippen LogP contribution >= 0.6 is 11.8 Å². The van der Waals surface area contributed by atoms with Gasteiger partial charge in [0.1, 0.15) is 0 Å². The monoisotopic (exact) mass is 252 g/mol. The van der Waals surface area contributed by atoms with Crippen molar-refractivity contribution in [1.82, 2.24) is 4.90 Å². The summed E-state index contributed by atoms with van der Waals surface area (Å²) in [4.78, 5) is 14.3. The van der Waals surface area contributed by atoms with Gasteiger partial charge in [0.2, 0.25) is 5.91 Å². The van der Waals surface area contributed by atoms with Gasteiger partial charge in [-0.25, -0.2) is 0 Å². The van der Waals surface area contributed by atoms with Crippen molar-refractivity contribution in [1.29, 1.82) is 0 Å². The Morgan fingerprint density at radius 3 is 2.35 bits per heavy atom. The zero-order valence-corrected chi connectivity index (χ0v) is 11.5. The van der Waals surface area contributed by atoms with E-state index in [0.717, 1.165) is 6.54 Å². The van der Waals surface area contributed by atoms with Crippen LogP contribution in [0.3, 0.4) is 0 Å². The molecule has 4 heteroatoms. The Kier molecular flexibility index (Phi) is 5.51. The molecule has 1 aromatic carbocycles. The topological polar surface area (TPSA) is 46.3 Å². The zero-order chi connectivity index (χ0) is 12.8. The largest absolute Gasteiger partial charge is 0.369 e. The van der Waals surface area contributed by atoms with Crippen molar-refractivity contribution in [2.45, 2.75) is 31.3 Å². The molecule has 1 rings (SSSR count). The van der Waals surface area contributed by atoms with Gasteiger partial charge >= 0.3 is 0 Å². The summed E-state index contributed by atoms with van der Waals surface area (Å²) in [5, 5.41) is 0. The molecule has 0 aliphatic carbocycles. The maximum Gasteiger partial charge on any atom is 0.231 e. The van der Waals surface area contributed by atoms with Crippen molar-refractivity contribution >= 4 is 17.7 Å². The summed E-state index contributed by atoms with van der Waals surface area (Å²) in [5.41, 5.74) is 6.45. The molecular formula is C13H20N2OS. The number of carbonyl (C=O) groups excluding carboxylic acids is 1. The minimum atomic E-state index is -0.278. The first-order valence-electron chi connectivity index (χ1n) is 5.68. The quantitative estimate of drug-likeness (QED) is 0.789. The van der Waals surface area contributed by atoms with Gasteiger partial charge in [0, 0.05) is 17.5 Å². The lowest BCUT2D eigenvalue weighted by Crippen LogP contribution is -2.37. The third-order valence-corrected chi connectivity index (χ3v) is 3.38. The van der Waals surface area contributed by atoms with Crippen LogP contribution in [0.25, 0.3) is 0 Å². The smallest absolute Gasteiger partial charge is 0.231 e. The minimum absolute atomic E-state index is 0.278. The second kappa shape index (κ2) is 6.67. The van der Waals surface area contributed by atoms with E-state index in [0.29, 0.717) is 12.6 Å². The van der Waals surface area contributed by atoms with E-state index in [1.54, 1.807) is 11.8 Å².